The van der Waals surface area contributed by atoms with Gasteiger partial charge in [-0.15, -0.1) is 0 Å². The van der Waals surface area contributed by atoms with Crippen molar-refractivity contribution >= 4 is 0 Å². The van der Waals surface area contributed by atoms with Crippen molar-refractivity contribution in [3.05, 3.63) is 0 Å². The van der Waals surface area contributed by atoms with E-state index in [2.05, 4.69) is 9.78 Å². The molecular formula is C3H9NO3. The molecule has 3 N–H and O–H groups in total. The first-order valence-electron chi connectivity index (χ1n) is 1.97. The fraction of sp³-hybridized carbons (Fsp3) is 1.00. The van der Waals surface area contributed by atoms with Crippen LogP contribution in [-0.2, 0) is 9.78 Å². The van der Waals surface area contributed by atoms with Crippen LogP contribution in [0.15, 0.2) is 0 Å². The first-order valence-corrected chi connectivity index (χ1v) is 1.97. The molecule has 0 aliphatic carbocycles. The van der Waals surface area contributed by atoms with E-state index in [1.165, 1.54) is 0 Å². The maximum absolute atomic E-state index is 8.05. The van der Waals surface area contributed by atoms with Gasteiger partial charge in [0, 0.05) is 0 Å². The Labute approximate surface area is 41.8 Å². The Morgan fingerprint density at radius 3 is 2.57 bits per heavy atom. The number of rotatable bonds is 4. The lowest BCUT2D eigenvalue weighted by atomic mass is 10.8. The largest absolute Gasteiger partial charge is 0.394 e. The molecule has 0 aliphatic heterocycles. The summed E-state index contributed by atoms with van der Waals surface area (Å²) < 4.78 is 0. The highest BCUT2D eigenvalue weighted by molar-refractivity contribution is 4.11. The van der Waals surface area contributed by atoms with E-state index in [4.69, 9.17) is 10.8 Å². The van der Waals surface area contributed by atoms with E-state index in [9.17, 15) is 0 Å². The summed E-state index contributed by atoms with van der Waals surface area (Å²) in [4.78, 5) is 8.45. The molecule has 0 fully saturated rings. The molecule has 0 saturated heterocycles. The summed E-state index contributed by atoms with van der Waals surface area (Å²) in [6.45, 7) is 0.164. The van der Waals surface area contributed by atoms with E-state index >= 15 is 0 Å². The van der Waals surface area contributed by atoms with Crippen LogP contribution in [-0.4, -0.2) is 25.1 Å². The summed E-state index contributed by atoms with van der Waals surface area (Å²) >= 11 is 0. The average molecular weight is 107 g/mol. The Morgan fingerprint density at radius 2 is 2.14 bits per heavy atom. The van der Waals surface area contributed by atoms with Crippen LogP contribution in [0.5, 0.6) is 0 Å². The summed E-state index contributed by atoms with van der Waals surface area (Å²) in [7, 11) is 0. The van der Waals surface area contributed by atoms with E-state index in [0.29, 0.717) is 0 Å². The molecule has 0 spiro atoms. The molecule has 0 unspecified atom stereocenters. The number of aliphatic hydroxyl groups excluding tert-OH is 1. The van der Waals surface area contributed by atoms with Gasteiger partial charge in [-0.1, -0.05) is 0 Å². The van der Waals surface area contributed by atoms with E-state index in [0.717, 1.165) is 0 Å². The average Bonchev–Trinajstić information content (AvgIpc) is 1.69. The van der Waals surface area contributed by atoms with Crippen LogP contribution < -0.4 is 5.73 Å². The third-order valence-electron chi connectivity index (χ3n) is 0.326. The molecule has 0 aromatic rings. The zero-order valence-electron chi connectivity index (χ0n) is 3.96. The van der Waals surface area contributed by atoms with Gasteiger partial charge in [0.05, 0.1) is 6.61 Å². The van der Waals surface area contributed by atoms with Crippen molar-refractivity contribution in [3.8, 4) is 0 Å². The van der Waals surface area contributed by atoms with Crippen LogP contribution >= 0.6 is 0 Å². The Morgan fingerprint density at radius 1 is 1.43 bits per heavy atom. The fourth-order valence-corrected chi connectivity index (χ4v) is 0.144. The van der Waals surface area contributed by atoms with Crippen molar-refractivity contribution in [2.24, 2.45) is 5.73 Å². The van der Waals surface area contributed by atoms with E-state index in [1.54, 1.807) is 0 Å². The summed E-state index contributed by atoms with van der Waals surface area (Å²) in [5.41, 5.74) is 4.84. The number of hydrogen-bond acceptors (Lipinski definition) is 4. The second kappa shape index (κ2) is 5.84. The lowest BCUT2D eigenvalue weighted by molar-refractivity contribution is -0.296. The van der Waals surface area contributed by atoms with Gasteiger partial charge in [0.1, 0.15) is 13.3 Å². The third-order valence-corrected chi connectivity index (χ3v) is 0.326. The number of hydrogen-bond donors (Lipinski definition) is 2. The van der Waals surface area contributed by atoms with Crippen LogP contribution in [0.1, 0.15) is 0 Å². The monoisotopic (exact) mass is 107 g/mol. The summed E-state index contributed by atoms with van der Waals surface area (Å²) in [5.74, 6) is 0. The smallest absolute Gasteiger partial charge is 0.130 e. The van der Waals surface area contributed by atoms with Crippen LogP contribution in [0.3, 0.4) is 0 Å². The molecule has 4 heteroatoms. The van der Waals surface area contributed by atoms with Crippen molar-refractivity contribution in [2.45, 2.75) is 0 Å². The lowest BCUT2D eigenvalue weighted by Gasteiger charge is -1.95. The van der Waals surface area contributed by atoms with Gasteiger partial charge in [-0.2, -0.15) is 0 Å². The maximum atomic E-state index is 8.05. The molecule has 0 rings (SSSR count). The first-order chi connectivity index (χ1) is 3.41. The number of aliphatic hydroxyl groups is 1. The molecule has 0 aromatic carbocycles. The van der Waals surface area contributed by atoms with Crippen LogP contribution in [0.2, 0.25) is 0 Å². The van der Waals surface area contributed by atoms with Gasteiger partial charge < -0.3 is 10.8 Å². The molecule has 44 valence electrons. The summed E-state index contributed by atoms with van der Waals surface area (Å²) in [6.07, 6.45) is 0. The summed E-state index contributed by atoms with van der Waals surface area (Å²) in [6, 6.07) is 0. The molecule has 0 heterocycles. The van der Waals surface area contributed by atoms with Crippen molar-refractivity contribution < 1.29 is 14.9 Å². The van der Waals surface area contributed by atoms with Gasteiger partial charge in [0.15, 0.2) is 0 Å². The number of nitrogens with two attached hydrogens (primary N) is 1. The van der Waals surface area contributed by atoms with E-state index in [-0.39, 0.29) is 19.9 Å². The van der Waals surface area contributed by atoms with Crippen molar-refractivity contribution in [3.63, 3.8) is 0 Å². The molecule has 0 saturated carbocycles. The molecule has 0 aliphatic rings. The SMILES string of the molecule is NCOOCCO. The highest BCUT2D eigenvalue weighted by atomic mass is 17.2. The molecule has 0 atom stereocenters. The molecular weight excluding hydrogens is 98.0 g/mol. The maximum Gasteiger partial charge on any atom is 0.130 e. The predicted molar refractivity (Wildman–Crippen MR) is 23.2 cm³/mol. The minimum atomic E-state index is -0.0417. The minimum absolute atomic E-state index is 0.0278. The fourth-order valence-electron chi connectivity index (χ4n) is 0.144. The third kappa shape index (κ3) is 5.84. The zero-order chi connectivity index (χ0) is 5.54. The van der Waals surface area contributed by atoms with E-state index < -0.39 is 0 Å². The van der Waals surface area contributed by atoms with E-state index in [1.807, 2.05) is 0 Å². The van der Waals surface area contributed by atoms with Crippen LogP contribution in [0.25, 0.3) is 0 Å². The van der Waals surface area contributed by atoms with Crippen molar-refractivity contribution in [2.75, 3.05) is 19.9 Å². The Bertz CT molecular complexity index is 29.4. The normalized spacial score (nSPS) is 9.43. The first kappa shape index (κ1) is 6.84. The molecule has 4 nitrogen and oxygen atoms in total. The molecule has 0 aromatic heterocycles. The molecule has 0 bridgehead atoms. The van der Waals surface area contributed by atoms with Gasteiger partial charge in [-0.3, -0.25) is 0 Å². The molecule has 0 amide bonds. The van der Waals surface area contributed by atoms with Crippen LogP contribution in [0.4, 0.5) is 0 Å². The lowest BCUT2D eigenvalue weighted by Crippen LogP contribution is -2.07. The topological polar surface area (TPSA) is 64.7 Å². The molecule has 7 heavy (non-hydrogen) atoms. The highest BCUT2D eigenvalue weighted by Crippen LogP contribution is 1.69. The van der Waals surface area contributed by atoms with Gasteiger partial charge in [-0.05, 0) is 0 Å². The Kier molecular flexibility index (Phi) is 5.71. The Hall–Kier alpha value is -0.160. The summed E-state index contributed by atoms with van der Waals surface area (Å²) in [5, 5.41) is 8.05. The second-order valence-corrected chi connectivity index (χ2v) is 0.830. The predicted octanol–water partition coefficient (Wildman–Crippen LogP) is -1.16. The van der Waals surface area contributed by atoms with Crippen LogP contribution in [0, 0.1) is 0 Å². The van der Waals surface area contributed by atoms with Gasteiger partial charge in [-0.25, -0.2) is 9.78 Å². The zero-order valence-corrected chi connectivity index (χ0v) is 3.96. The van der Waals surface area contributed by atoms with Crippen molar-refractivity contribution in [1.29, 1.82) is 0 Å². The quantitative estimate of drug-likeness (QED) is 0.206. The Balaban J connectivity index is 2.45. The molecule has 0 radical (unpaired) electrons. The van der Waals surface area contributed by atoms with Gasteiger partial charge >= 0.3 is 0 Å². The highest BCUT2D eigenvalue weighted by Gasteiger charge is 1.78. The van der Waals surface area contributed by atoms with Gasteiger partial charge in [0.25, 0.3) is 0 Å². The minimum Gasteiger partial charge on any atom is -0.394 e. The van der Waals surface area contributed by atoms with Crippen molar-refractivity contribution in [1.82, 2.24) is 0 Å². The van der Waals surface area contributed by atoms with Gasteiger partial charge in [0.2, 0.25) is 0 Å². The standard InChI is InChI=1S/C3H9NO3/c4-3-7-6-2-1-5/h5H,1-4H2. The second-order valence-electron chi connectivity index (χ2n) is 0.830.